The van der Waals surface area contributed by atoms with E-state index in [4.69, 9.17) is 21.4 Å². The minimum Gasteiger partial charge on any atom is -0.335 e. The summed E-state index contributed by atoms with van der Waals surface area (Å²) in [6.07, 6.45) is 0. The maximum atomic E-state index is 13.0. The van der Waals surface area contributed by atoms with E-state index in [1.54, 1.807) is 25.1 Å². The van der Waals surface area contributed by atoms with Crippen LogP contribution in [0.1, 0.15) is 21.6 Å². The highest BCUT2D eigenvalue weighted by atomic mass is 35.5. The molecule has 3 aromatic heterocycles. The first-order chi connectivity index (χ1) is 13.1. The van der Waals surface area contributed by atoms with E-state index in [-0.39, 0.29) is 10.9 Å². The summed E-state index contributed by atoms with van der Waals surface area (Å²) in [5.41, 5.74) is 2.76. The van der Waals surface area contributed by atoms with Crippen molar-refractivity contribution in [1.29, 1.82) is 5.26 Å². The van der Waals surface area contributed by atoms with Crippen LogP contribution in [0.2, 0.25) is 5.02 Å². The Morgan fingerprint density at radius 3 is 2.89 bits per heavy atom. The van der Waals surface area contributed by atoms with Gasteiger partial charge in [-0.05, 0) is 42.6 Å². The number of aryl methyl sites for hydroxylation is 1. The van der Waals surface area contributed by atoms with Gasteiger partial charge in [0.1, 0.15) is 6.07 Å². The Kier molecular flexibility index (Phi) is 4.36. The van der Waals surface area contributed by atoms with Crippen molar-refractivity contribution in [2.45, 2.75) is 6.92 Å². The smallest absolute Gasteiger partial charge is 0.259 e. The van der Waals surface area contributed by atoms with Crippen molar-refractivity contribution in [3.8, 4) is 16.6 Å². The third kappa shape index (κ3) is 3.16. The molecule has 1 N–H and O–H groups in total. The van der Waals surface area contributed by atoms with Gasteiger partial charge in [-0.15, -0.1) is 11.3 Å². The maximum absolute atomic E-state index is 13.0. The minimum absolute atomic E-state index is 0.274. The Balaban J connectivity index is 1.78. The predicted octanol–water partition coefficient (Wildman–Crippen LogP) is 5.04. The number of nitriles is 1. The van der Waals surface area contributed by atoms with Crippen LogP contribution in [0.5, 0.6) is 0 Å². The van der Waals surface area contributed by atoms with E-state index < -0.39 is 0 Å². The molecule has 1 aromatic carbocycles. The van der Waals surface area contributed by atoms with Crippen molar-refractivity contribution in [1.82, 2.24) is 10.1 Å². The molecular formula is C19H11ClN4O2S. The molecule has 0 saturated heterocycles. The summed E-state index contributed by atoms with van der Waals surface area (Å²) in [4.78, 5) is 18.3. The first kappa shape index (κ1) is 17.2. The van der Waals surface area contributed by atoms with Gasteiger partial charge >= 0.3 is 0 Å². The number of carbonyl (C=O) groups is 1. The summed E-state index contributed by atoms with van der Waals surface area (Å²) in [5.74, 6) is -0.340. The Morgan fingerprint density at radius 2 is 2.19 bits per heavy atom. The highest BCUT2D eigenvalue weighted by Gasteiger charge is 2.20. The molecule has 0 saturated carbocycles. The van der Waals surface area contributed by atoms with Crippen LogP contribution >= 0.6 is 22.9 Å². The van der Waals surface area contributed by atoms with Crippen LogP contribution < -0.4 is 5.32 Å². The predicted molar refractivity (Wildman–Crippen MR) is 104 cm³/mol. The normalized spacial score (nSPS) is 10.7. The van der Waals surface area contributed by atoms with Crippen molar-refractivity contribution >= 4 is 45.6 Å². The fourth-order valence-corrected chi connectivity index (χ4v) is 3.62. The number of pyridine rings is 1. The molecule has 0 radical (unpaired) electrons. The first-order valence-electron chi connectivity index (χ1n) is 7.88. The van der Waals surface area contributed by atoms with Gasteiger partial charge in [0.15, 0.2) is 0 Å². The maximum Gasteiger partial charge on any atom is 0.259 e. The van der Waals surface area contributed by atoms with Crippen molar-refractivity contribution in [3.63, 3.8) is 0 Å². The number of fused-ring (bicyclic) bond motifs is 1. The van der Waals surface area contributed by atoms with Gasteiger partial charge in [-0.25, -0.2) is 4.98 Å². The molecule has 0 bridgehead atoms. The average Bonchev–Trinajstić information content (AvgIpc) is 3.31. The Morgan fingerprint density at radius 1 is 1.33 bits per heavy atom. The van der Waals surface area contributed by atoms with E-state index in [2.05, 4.69) is 15.5 Å². The molecular weight excluding hydrogens is 384 g/mol. The molecule has 0 aliphatic rings. The molecule has 6 nitrogen and oxygen atoms in total. The standard InChI is InChI=1S/C19H11ClN4O2S/c1-10-17-13(18(25)22-12-5-4-11(9-21)14(20)7-12)8-15(16-3-2-6-27-16)23-19(17)26-24-10/h2-8H,1H3,(H,22,25). The van der Waals surface area contributed by atoms with Crippen molar-refractivity contribution in [2.24, 2.45) is 0 Å². The molecule has 1 amide bonds. The third-order valence-corrected chi connectivity index (χ3v) is 5.19. The monoisotopic (exact) mass is 394 g/mol. The number of hydrogen-bond donors (Lipinski definition) is 1. The molecule has 4 rings (SSSR count). The zero-order valence-electron chi connectivity index (χ0n) is 14.0. The highest BCUT2D eigenvalue weighted by molar-refractivity contribution is 7.13. The molecule has 0 fully saturated rings. The van der Waals surface area contributed by atoms with E-state index in [0.29, 0.717) is 39.3 Å². The molecule has 8 heteroatoms. The fourth-order valence-electron chi connectivity index (χ4n) is 2.71. The number of thiophene rings is 1. The second-order valence-electron chi connectivity index (χ2n) is 5.74. The zero-order chi connectivity index (χ0) is 19.0. The van der Waals surface area contributed by atoms with Crippen LogP contribution in [0, 0.1) is 18.3 Å². The second-order valence-corrected chi connectivity index (χ2v) is 7.10. The van der Waals surface area contributed by atoms with E-state index in [0.717, 1.165) is 4.88 Å². The van der Waals surface area contributed by atoms with Crippen LogP contribution in [0.15, 0.2) is 46.3 Å². The van der Waals surface area contributed by atoms with Crippen LogP contribution in [0.25, 0.3) is 21.7 Å². The van der Waals surface area contributed by atoms with Gasteiger partial charge in [0.05, 0.1) is 37.8 Å². The quantitative estimate of drug-likeness (QED) is 0.525. The van der Waals surface area contributed by atoms with Gasteiger partial charge in [0, 0.05) is 5.69 Å². The molecule has 132 valence electrons. The Hall–Kier alpha value is -3.21. The molecule has 0 aliphatic carbocycles. The van der Waals surface area contributed by atoms with E-state index in [9.17, 15) is 4.79 Å². The SMILES string of the molecule is Cc1noc2nc(-c3cccs3)cc(C(=O)Nc3ccc(C#N)c(Cl)c3)c12. The van der Waals surface area contributed by atoms with Gasteiger partial charge in [0.25, 0.3) is 11.6 Å². The van der Waals surface area contributed by atoms with E-state index in [1.165, 1.54) is 17.4 Å². The molecule has 0 unspecified atom stereocenters. The summed E-state index contributed by atoms with van der Waals surface area (Å²) in [6, 6.07) is 12.3. The number of carbonyl (C=O) groups excluding carboxylic acids is 1. The molecule has 3 heterocycles. The van der Waals surface area contributed by atoms with Gasteiger partial charge in [-0.3, -0.25) is 4.79 Å². The lowest BCUT2D eigenvalue weighted by molar-refractivity contribution is 0.102. The van der Waals surface area contributed by atoms with Crippen LogP contribution in [-0.2, 0) is 0 Å². The first-order valence-corrected chi connectivity index (χ1v) is 9.14. The third-order valence-electron chi connectivity index (χ3n) is 3.98. The summed E-state index contributed by atoms with van der Waals surface area (Å²) < 4.78 is 5.28. The number of nitrogens with one attached hydrogen (secondary N) is 1. The van der Waals surface area contributed by atoms with Gasteiger partial charge in [-0.1, -0.05) is 22.8 Å². The van der Waals surface area contributed by atoms with Gasteiger partial charge in [-0.2, -0.15) is 5.26 Å². The number of hydrogen-bond acceptors (Lipinski definition) is 6. The number of benzene rings is 1. The number of aromatic nitrogens is 2. The molecule has 0 atom stereocenters. The van der Waals surface area contributed by atoms with Crippen LogP contribution in [0.4, 0.5) is 5.69 Å². The number of rotatable bonds is 3. The van der Waals surface area contributed by atoms with Gasteiger partial charge in [0.2, 0.25) is 0 Å². The van der Waals surface area contributed by atoms with Crippen molar-refractivity contribution < 1.29 is 9.32 Å². The summed E-state index contributed by atoms with van der Waals surface area (Å²) in [6.45, 7) is 1.76. The second kappa shape index (κ2) is 6.83. The number of nitrogens with zero attached hydrogens (tertiary/aromatic N) is 3. The lowest BCUT2D eigenvalue weighted by atomic mass is 10.1. The zero-order valence-corrected chi connectivity index (χ0v) is 15.6. The van der Waals surface area contributed by atoms with Crippen LogP contribution in [-0.4, -0.2) is 16.0 Å². The topological polar surface area (TPSA) is 91.8 Å². The van der Waals surface area contributed by atoms with E-state index in [1.807, 2.05) is 23.6 Å². The van der Waals surface area contributed by atoms with Crippen molar-refractivity contribution in [2.75, 3.05) is 5.32 Å². The summed E-state index contributed by atoms with van der Waals surface area (Å²) in [5, 5.41) is 18.5. The van der Waals surface area contributed by atoms with Crippen molar-refractivity contribution in [3.05, 3.63) is 63.6 Å². The molecule has 0 spiro atoms. The van der Waals surface area contributed by atoms with Gasteiger partial charge < -0.3 is 9.84 Å². The summed E-state index contributed by atoms with van der Waals surface area (Å²) in [7, 11) is 0. The fraction of sp³-hybridized carbons (Fsp3) is 0.0526. The lowest BCUT2D eigenvalue weighted by Gasteiger charge is -2.08. The summed E-state index contributed by atoms with van der Waals surface area (Å²) >= 11 is 7.56. The average molecular weight is 395 g/mol. The number of halogens is 1. The molecule has 4 aromatic rings. The highest BCUT2D eigenvalue weighted by Crippen LogP contribution is 2.30. The molecule has 27 heavy (non-hydrogen) atoms. The van der Waals surface area contributed by atoms with E-state index >= 15 is 0 Å². The minimum atomic E-state index is -0.340. The number of anilines is 1. The Bertz CT molecular complexity index is 1210. The van der Waals surface area contributed by atoms with Crippen LogP contribution in [0.3, 0.4) is 0 Å². The Labute approximate surface area is 163 Å². The number of amides is 1. The largest absolute Gasteiger partial charge is 0.335 e. The lowest BCUT2D eigenvalue weighted by Crippen LogP contribution is -2.13. The molecule has 0 aliphatic heterocycles.